The van der Waals surface area contributed by atoms with Gasteiger partial charge < -0.3 is 16.4 Å². The van der Waals surface area contributed by atoms with E-state index in [9.17, 15) is 4.79 Å². The van der Waals surface area contributed by atoms with Gasteiger partial charge in [-0.3, -0.25) is 0 Å². The van der Waals surface area contributed by atoms with Gasteiger partial charge in [-0.05, 0) is 58.4 Å². The molecule has 94 valence electrons. The zero-order valence-electron chi connectivity index (χ0n) is 10.0. The summed E-state index contributed by atoms with van der Waals surface area (Å²) in [5.74, 6) is 0. The highest BCUT2D eigenvalue weighted by Crippen LogP contribution is 1.85. The zero-order valence-corrected chi connectivity index (χ0v) is 10.0. The highest BCUT2D eigenvalue weighted by atomic mass is 16.1. The lowest BCUT2D eigenvalue weighted by molar-refractivity contribution is 0.558. The zero-order chi connectivity index (χ0) is 11.9. The van der Waals surface area contributed by atoms with E-state index in [2.05, 4.69) is 15.6 Å². The Bertz CT molecular complexity index is 181. The Kier molecular flexibility index (Phi) is 13.6. The second-order valence-electron chi connectivity index (χ2n) is 3.68. The van der Waals surface area contributed by atoms with Crippen LogP contribution in [0.15, 0.2) is 4.99 Å². The average Bonchev–Trinajstić information content (AvgIpc) is 2.31. The Balaban J connectivity index is 2.90. The van der Waals surface area contributed by atoms with E-state index >= 15 is 0 Å². The molecule has 0 saturated heterocycles. The number of carbonyl (C=O) groups excluding carboxylic acids is 1. The predicted octanol–water partition coefficient (Wildman–Crippen LogP) is 0.0205. The highest BCUT2D eigenvalue weighted by Gasteiger charge is 1.90. The minimum atomic E-state index is 0.581. The maximum absolute atomic E-state index is 9.76. The van der Waals surface area contributed by atoms with E-state index in [1.165, 1.54) is 18.9 Å². The quantitative estimate of drug-likeness (QED) is 0.250. The summed E-state index contributed by atoms with van der Waals surface area (Å²) in [7, 11) is 0. The Morgan fingerprint density at radius 2 is 1.50 bits per heavy atom. The maximum Gasteiger partial charge on any atom is 0.234 e. The molecule has 16 heavy (non-hydrogen) atoms. The maximum atomic E-state index is 9.76. The van der Waals surface area contributed by atoms with Gasteiger partial charge in [0.05, 0.1) is 6.54 Å². The first-order valence-electron chi connectivity index (χ1n) is 6.07. The predicted molar refractivity (Wildman–Crippen MR) is 66.3 cm³/mol. The number of nitrogens with zero attached hydrogens (tertiary/aromatic N) is 1. The van der Waals surface area contributed by atoms with E-state index in [0.29, 0.717) is 6.54 Å². The third-order valence-corrected chi connectivity index (χ3v) is 2.20. The van der Waals surface area contributed by atoms with Crippen molar-refractivity contribution in [3.8, 4) is 0 Å². The van der Waals surface area contributed by atoms with E-state index in [1.807, 2.05) is 0 Å². The van der Waals surface area contributed by atoms with E-state index in [0.717, 1.165) is 45.6 Å². The highest BCUT2D eigenvalue weighted by molar-refractivity contribution is 5.32. The summed E-state index contributed by atoms with van der Waals surface area (Å²) < 4.78 is 0. The number of hydrogen-bond acceptors (Lipinski definition) is 5. The van der Waals surface area contributed by atoms with E-state index in [1.54, 1.807) is 0 Å². The first-order chi connectivity index (χ1) is 7.91. The molecule has 0 heterocycles. The van der Waals surface area contributed by atoms with Crippen molar-refractivity contribution in [1.82, 2.24) is 10.6 Å². The molecule has 0 saturated carbocycles. The number of hydrogen-bond donors (Lipinski definition) is 3. The Hall–Kier alpha value is -0.740. The van der Waals surface area contributed by atoms with Gasteiger partial charge in [-0.2, -0.15) is 0 Å². The van der Waals surface area contributed by atoms with Crippen LogP contribution < -0.4 is 16.4 Å². The molecule has 5 nitrogen and oxygen atoms in total. The molecule has 0 aliphatic heterocycles. The van der Waals surface area contributed by atoms with Crippen LogP contribution in [0.25, 0.3) is 0 Å². The summed E-state index contributed by atoms with van der Waals surface area (Å²) in [4.78, 5) is 13.2. The van der Waals surface area contributed by atoms with Crippen molar-refractivity contribution in [2.24, 2.45) is 10.7 Å². The standard InChI is InChI=1S/C11H24N4O/c12-5-3-8-13-6-1-2-7-14-9-4-10-15-11-16/h13-14H,1-10,12H2. The first-order valence-corrected chi connectivity index (χ1v) is 6.07. The van der Waals surface area contributed by atoms with Crippen LogP contribution in [-0.4, -0.2) is 45.3 Å². The van der Waals surface area contributed by atoms with Gasteiger partial charge in [0, 0.05) is 0 Å². The Morgan fingerprint density at radius 3 is 2.06 bits per heavy atom. The minimum absolute atomic E-state index is 0.581. The van der Waals surface area contributed by atoms with E-state index < -0.39 is 0 Å². The van der Waals surface area contributed by atoms with Crippen LogP contribution in [0.3, 0.4) is 0 Å². The van der Waals surface area contributed by atoms with Crippen molar-refractivity contribution in [3.05, 3.63) is 0 Å². The number of isocyanates is 1. The molecule has 5 heteroatoms. The number of nitrogens with one attached hydrogen (secondary N) is 2. The summed E-state index contributed by atoms with van der Waals surface area (Å²) >= 11 is 0. The molecule has 0 aromatic rings. The monoisotopic (exact) mass is 228 g/mol. The van der Waals surface area contributed by atoms with Gasteiger partial charge in [-0.25, -0.2) is 9.79 Å². The third kappa shape index (κ3) is 13.3. The lowest BCUT2D eigenvalue weighted by Gasteiger charge is -2.04. The molecule has 0 bridgehead atoms. The number of rotatable bonds is 12. The fourth-order valence-corrected chi connectivity index (χ4v) is 1.31. The summed E-state index contributed by atoms with van der Waals surface area (Å²) in [6.45, 7) is 5.38. The second-order valence-corrected chi connectivity index (χ2v) is 3.68. The molecule has 0 aromatic carbocycles. The smallest absolute Gasteiger partial charge is 0.234 e. The second kappa shape index (κ2) is 14.3. The average molecular weight is 228 g/mol. The van der Waals surface area contributed by atoms with Gasteiger partial charge in [0.2, 0.25) is 6.08 Å². The minimum Gasteiger partial charge on any atom is -0.330 e. The van der Waals surface area contributed by atoms with Crippen LogP contribution in [0.4, 0.5) is 0 Å². The van der Waals surface area contributed by atoms with Crippen LogP contribution in [0.5, 0.6) is 0 Å². The van der Waals surface area contributed by atoms with Crippen molar-refractivity contribution in [3.63, 3.8) is 0 Å². The molecule has 0 aliphatic rings. The normalized spacial score (nSPS) is 10.1. The molecule has 0 unspecified atom stereocenters. The fraction of sp³-hybridized carbons (Fsp3) is 0.909. The van der Waals surface area contributed by atoms with Gasteiger partial charge in [-0.15, -0.1) is 0 Å². The van der Waals surface area contributed by atoms with Crippen LogP contribution in [0.2, 0.25) is 0 Å². The van der Waals surface area contributed by atoms with E-state index in [4.69, 9.17) is 5.73 Å². The largest absolute Gasteiger partial charge is 0.330 e. The van der Waals surface area contributed by atoms with Gasteiger partial charge in [0.25, 0.3) is 0 Å². The molecule has 0 spiro atoms. The van der Waals surface area contributed by atoms with Gasteiger partial charge >= 0.3 is 0 Å². The van der Waals surface area contributed by atoms with Crippen LogP contribution in [-0.2, 0) is 4.79 Å². The van der Waals surface area contributed by atoms with Gasteiger partial charge in [0.1, 0.15) is 0 Å². The Labute approximate surface area is 97.9 Å². The third-order valence-electron chi connectivity index (χ3n) is 2.20. The molecule has 4 N–H and O–H groups in total. The van der Waals surface area contributed by atoms with E-state index in [-0.39, 0.29) is 0 Å². The van der Waals surface area contributed by atoms with Gasteiger partial charge in [-0.1, -0.05) is 0 Å². The van der Waals surface area contributed by atoms with Crippen molar-refractivity contribution < 1.29 is 4.79 Å². The molecule has 0 aliphatic carbocycles. The summed E-state index contributed by atoms with van der Waals surface area (Å²) in [6, 6.07) is 0. The molecule has 0 atom stereocenters. The molecule has 0 amide bonds. The van der Waals surface area contributed by atoms with Crippen LogP contribution in [0.1, 0.15) is 25.7 Å². The van der Waals surface area contributed by atoms with Crippen molar-refractivity contribution in [2.75, 3.05) is 39.3 Å². The lowest BCUT2D eigenvalue weighted by atomic mass is 10.3. The molecular formula is C11H24N4O. The number of aliphatic imine (C=N–C) groups is 1. The topological polar surface area (TPSA) is 79.5 Å². The molecule has 0 aromatic heterocycles. The molecule has 0 fully saturated rings. The van der Waals surface area contributed by atoms with Crippen molar-refractivity contribution >= 4 is 6.08 Å². The first kappa shape index (κ1) is 15.3. The summed E-state index contributed by atoms with van der Waals surface area (Å²) in [5, 5.41) is 6.65. The molecular weight excluding hydrogens is 204 g/mol. The molecule has 0 rings (SSSR count). The lowest BCUT2D eigenvalue weighted by Crippen LogP contribution is -2.21. The molecule has 0 radical (unpaired) electrons. The summed E-state index contributed by atoms with van der Waals surface area (Å²) in [6.07, 6.45) is 5.85. The number of nitrogens with two attached hydrogens (primary N) is 1. The fourth-order valence-electron chi connectivity index (χ4n) is 1.31. The SMILES string of the molecule is NCCCNCCCCNCCCN=C=O. The Morgan fingerprint density at radius 1 is 0.938 bits per heavy atom. The van der Waals surface area contributed by atoms with Crippen LogP contribution in [0, 0.1) is 0 Å². The summed E-state index contributed by atoms with van der Waals surface area (Å²) in [5.41, 5.74) is 5.38. The van der Waals surface area contributed by atoms with Crippen molar-refractivity contribution in [2.45, 2.75) is 25.7 Å². The van der Waals surface area contributed by atoms with Gasteiger partial charge in [0.15, 0.2) is 0 Å². The number of unbranched alkanes of at least 4 members (excludes halogenated alkanes) is 1. The van der Waals surface area contributed by atoms with Crippen LogP contribution >= 0.6 is 0 Å². The van der Waals surface area contributed by atoms with Crippen molar-refractivity contribution in [1.29, 1.82) is 0 Å².